The van der Waals surface area contributed by atoms with Crippen LogP contribution in [-0.4, -0.2) is 38.1 Å². The standard InChI is InChI=1S/C16H27NO2/c1-17(2)5-6-19-15(18)16-9-12-3-4-13(10-16)8-14(7-12)11-16/h12-14H,3-11H2,1-2H3/t12-,13-,14?,16?/m0/s1. The molecule has 3 heteroatoms. The van der Waals surface area contributed by atoms with E-state index in [1.165, 1.54) is 25.7 Å². The van der Waals surface area contributed by atoms with Gasteiger partial charge in [0.15, 0.2) is 0 Å². The van der Waals surface area contributed by atoms with Crippen molar-refractivity contribution in [2.45, 2.75) is 44.9 Å². The number of rotatable bonds is 4. The van der Waals surface area contributed by atoms with Gasteiger partial charge >= 0.3 is 5.97 Å². The number of fused-ring (bicyclic) bond motifs is 1. The first-order chi connectivity index (χ1) is 9.07. The quantitative estimate of drug-likeness (QED) is 0.732. The van der Waals surface area contributed by atoms with E-state index in [0.717, 1.165) is 43.6 Å². The molecule has 2 atom stereocenters. The highest BCUT2D eigenvalue weighted by Crippen LogP contribution is 2.58. The lowest BCUT2D eigenvalue weighted by Crippen LogP contribution is -2.44. The lowest BCUT2D eigenvalue weighted by Gasteiger charge is -2.46. The highest BCUT2D eigenvalue weighted by Gasteiger charge is 2.53. The van der Waals surface area contributed by atoms with Gasteiger partial charge in [-0.3, -0.25) is 4.79 Å². The van der Waals surface area contributed by atoms with Crippen LogP contribution < -0.4 is 0 Å². The van der Waals surface area contributed by atoms with Crippen molar-refractivity contribution >= 4 is 5.97 Å². The average molecular weight is 265 g/mol. The molecule has 0 amide bonds. The molecule has 0 N–H and O–H groups in total. The van der Waals surface area contributed by atoms with E-state index < -0.39 is 0 Å². The second kappa shape index (κ2) is 5.08. The predicted molar refractivity (Wildman–Crippen MR) is 74.7 cm³/mol. The van der Waals surface area contributed by atoms with Gasteiger partial charge in [-0.05, 0) is 64.0 Å². The van der Waals surface area contributed by atoms with Crippen molar-refractivity contribution in [2.75, 3.05) is 27.2 Å². The van der Waals surface area contributed by atoms with Gasteiger partial charge in [-0.2, -0.15) is 0 Å². The van der Waals surface area contributed by atoms with E-state index >= 15 is 0 Å². The Morgan fingerprint density at radius 3 is 2.26 bits per heavy atom. The number of ether oxygens (including phenoxy) is 1. The normalized spacial score (nSPS) is 40.5. The summed E-state index contributed by atoms with van der Waals surface area (Å²) >= 11 is 0. The minimum Gasteiger partial charge on any atom is -0.464 e. The Balaban J connectivity index is 1.67. The van der Waals surface area contributed by atoms with E-state index in [0.29, 0.717) is 6.61 Å². The van der Waals surface area contributed by atoms with Crippen molar-refractivity contribution < 1.29 is 9.53 Å². The second-order valence-electron chi connectivity index (χ2n) is 7.48. The molecule has 4 aliphatic carbocycles. The van der Waals surface area contributed by atoms with Gasteiger partial charge in [0.2, 0.25) is 0 Å². The van der Waals surface area contributed by atoms with E-state index in [1.54, 1.807) is 0 Å². The average Bonchev–Trinajstić information content (AvgIpc) is 2.55. The summed E-state index contributed by atoms with van der Waals surface area (Å²) in [4.78, 5) is 14.7. The molecule has 4 aliphatic rings. The third kappa shape index (κ3) is 2.67. The van der Waals surface area contributed by atoms with Crippen LogP contribution in [0.5, 0.6) is 0 Å². The minimum atomic E-state index is -0.0979. The molecule has 3 nitrogen and oxygen atoms in total. The van der Waals surface area contributed by atoms with Crippen molar-refractivity contribution in [1.82, 2.24) is 4.90 Å². The zero-order valence-corrected chi connectivity index (χ0v) is 12.4. The van der Waals surface area contributed by atoms with E-state index in [-0.39, 0.29) is 11.4 Å². The van der Waals surface area contributed by atoms with Crippen molar-refractivity contribution in [2.24, 2.45) is 23.2 Å². The molecule has 0 aromatic heterocycles. The van der Waals surface area contributed by atoms with Crippen LogP contribution in [-0.2, 0) is 9.53 Å². The third-order valence-electron chi connectivity index (χ3n) is 5.56. The fourth-order valence-electron chi connectivity index (χ4n) is 4.92. The van der Waals surface area contributed by atoms with Gasteiger partial charge in [-0.25, -0.2) is 0 Å². The Labute approximate surface area is 116 Å². The molecular formula is C16H27NO2. The molecule has 0 spiro atoms. The zero-order chi connectivity index (χ0) is 13.5. The SMILES string of the molecule is CN(C)CCOC(=O)C12CC3C[C@H](CC[C@@H](C3)C1)C2. The molecule has 4 fully saturated rings. The Kier molecular flexibility index (Phi) is 3.59. The van der Waals surface area contributed by atoms with Crippen LogP contribution in [0.2, 0.25) is 0 Å². The first-order valence-corrected chi connectivity index (χ1v) is 7.89. The fourth-order valence-corrected chi connectivity index (χ4v) is 4.92. The van der Waals surface area contributed by atoms with Crippen LogP contribution >= 0.6 is 0 Å². The van der Waals surface area contributed by atoms with Crippen molar-refractivity contribution in [3.8, 4) is 0 Å². The smallest absolute Gasteiger partial charge is 0.312 e. The first kappa shape index (κ1) is 13.4. The molecule has 4 rings (SSSR count). The van der Waals surface area contributed by atoms with Crippen LogP contribution in [0.25, 0.3) is 0 Å². The third-order valence-corrected chi connectivity index (χ3v) is 5.56. The molecule has 0 aliphatic heterocycles. The Morgan fingerprint density at radius 1 is 1.11 bits per heavy atom. The monoisotopic (exact) mass is 265 g/mol. The molecule has 0 aromatic rings. The predicted octanol–water partition coefficient (Wildman–Crippen LogP) is 2.70. The molecule has 4 saturated carbocycles. The van der Waals surface area contributed by atoms with Crippen molar-refractivity contribution in [3.05, 3.63) is 0 Å². The Hall–Kier alpha value is -0.570. The van der Waals surface area contributed by atoms with Crippen molar-refractivity contribution in [1.29, 1.82) is 0 Å². The summed E-state index contributed by atoms with van der Waals surface area (Å²) < 4.78 is 5.61. The highest BCUT2D eigenvalue weighted by molar-refractivity contribution is 5.77. The largest absolute Gasteiger partial charge is 0.464 e. The van der Waals surface area contributed by atoms with Gasteiger partial charge < -0.3 is 9.64 Å². The van der Waals surface area contributed by atoms with Crippen LogP contribution in [0.3, 0.4) is 0 Å². The van der Waals surface area contributed by atoms with Gasteiger partial charge in [0.1, 0.15) is 6.61 Å². The highest BCUT2D eigenvalue weighted by atomic mass is 16.5. The number of carbonyl (C=O) groups excluding carboxylic acids is 1. The summed E-state index contributed by atoms with van der Waals surface area (Å²) in [5, 5.41) is 0. The molecule has 0 saturated heterocycles. The number of nitrogens with zero attached hydrogens (tertiary/aromatic N) is 1. The zero-order valence-electron chi connectivity index (χ0n) is 12.4. The molecule has 0 aromatic carbocycles. The topological polar surface area (TPSA) is 29.5 Å². The van der Waals surface area contributed by atoms with Gasteiger partial charge in [0.05, 0.1) is 5.41 Å². The molecule has 0 radical (unpaired) electrons. The molecule has 4 bridgehead atoms. The lowest BCUT2D eigenvalue weighted by atomic mass is 9.58. The maximum absolute atomic E-state index is 12.6. The number of likely N-dealkylation sites (N-methyl/N-ethyl adjacent to an activating group) is 1. The van der Waals surface area contributed by atoms with Gasteiger partial charge in [0.25, 0.3) is 0 Å². The molecule has 19 heavy (non-hydrogen) atoms. The molecule has 0 heterocycles. The van der Waals surface area contributed by atoms with E-state index in [4.69, 9.17) is 4.74 Å². The van der Waals surface area contributed by atoms with E-state index in [2.05, 4.69) is 4.90 Å². The van der Waals surface area contributed by atoms with Crippen LogP contribution in [0.1, 0.15) is 44.9 Å². The fraction of sp³-hybridized carbons (Fsp3) is 0.938. The van der Waals surface area contributed by atoms with Gasteiger partial charge in [-0.15, -0.1) is 0 Å². The molecular weight excluding hydrogens is 238 g/mol. The summed E-state index contributed by atoms with van der Waals surface area (Å²) in [5.41, 5.74) is -0.0979. The maximum atomic E-state index is 12.6. The van der Waals surface area contributed by atoms with E-state index in [9.17, 15) is 4.79 Å². The maximum Gasteiger partial charge on any atom is 0.312 e. The number of hydrogen-bond donors (Lipinski definition) is 0. The van der Waals surface area contributed by atoms with Crippen LogP contribution in [0.4, 0.5) is 0 Å². The summed E-state index contributed by atoms with van der Waals surface area (Å²) in [7, 11) is 4.03. The lowest BCUT2D eigenvalue weighted by molar-refractivity contribution is -0.164. The summed E-state index contributed by atoms with van der Waals surface area (Å²) in [6.45, 7) is 1.38. The summed E-state index contributed by atoms with van der Waals surface area (Å²) in [6, 6.07) is 0. The molecule has 108 valence electrons. The number of esters is 1. The minimum absolute atomic E-state index is 0.0979. The van der Waals surface area contributed by atoms with Crippen LogP contribution in [0, 0.1) is 23.2 Å². The number of hydrogen-bond acceptors (Lipinski definition) is 3. The van der Waals surface area contributed by atoms with E-state index in [1.807, 2.05) is 14.1 Å². The number of carbonyl (C=O) groups is 1. The Bertz CT molecular complexity index is 337. The molecule has 0 unspecified atom stereocenters. The van der Waals surface area contributed by atoms with Gasteiger partial charge in [0, 0.05) is 6.54 Å². The summed E-state index contributed by atoms with van der Waals surface area (Å²) in [5.74, 6) is 2.53. The Morgan fingerprint density at radius 2 is 1.68 bits per heavy atom. The van der Waals surface area contributed by atoms with Crippen LogP contribution in [0.15, 0.2) is 0 Å². The second-order valence-corrected chi connectivity index (χ2v) is 7.48. The van der Waals surface area contributed by atoms with Gasteiger partial charge in [-0.1, -0.05) is 12.8 Å². The van der Waals surface area contributed by atoms with Crippen molar-refractivity contribution in [3.63, 3.8) is 0 Å². The first-order valence-electron chi connectivity index (χ1n) is 7.89. The summed E-state index contributed by atoms with van der Waals surface area (Å²) in [6.07, 6.45) is 8.80.